The summed E-state index contributed by atoms with van der Waals surface area (Å²) in [5.41, 5.74) is 0. The summed E-state index contributed by atoms with van der Waals surface area (Å²) in [4.78, 5) is 10.9. The van der Waals surface area contributed by atoms with Gasteiger partial charge in [-0.3, -0.25) is 4.79 Å². The third kappa shape index (κ3) is 7.85. The Morgan fingerprint density at radius 3 is 2.64 bits per heavy atom. The zero-order chi connectivity index (χ0) is 8.53. The molecule has 0 spiro atoms. The molecule has 0 rings (SSSR count). The third-order valence-corrected chi connectivity index (χ3v) is 1.97. The van der Waals surface area contributed by atoms with Crippen molar-refractivity contribution >= 4 is 21.8 Å². The second-order valence-electron chi connectivity index (χ2n) is 2.45. The van der Waals surface area contributed by atoms with Gasteiger partial charge in [-0.15, -0.1) is 0 Å². The van der Waals surface area contributed by atoms with Crippen LogP contribution in [0.3, 0.4) is 0 Å². The first-order valence-corrected chi connectivity index (χ1v) is 5.26. The molecular weight excluding hydrogens is 206 g/mol. The second kappa shape index (κ2) is 8.05. The number of alkyl halides is 1. The van der Waals surface area contributed by atoms with E-state index in [1.165, 1.54) is 6.42 Å². The monoisotopic (exact) mass is 221 g/mol. The van der Waals surface area contributed by atoms with Gasteiger partial charge in [0.1, 0.15) is 0 Å². The molecule has 0 aliphatic carbocycles. The van der Waals surface area contributed by atoms with Crippen molar-refractivity contribution in [2.75, 3.05) is 11.9 Å². The third-order valence-electron chi connectivity index (χ3n) is 1.41. The lowest BCUT2D eigenvalue weighted by molar-refractivity contribution is -0.121. The first kappa shape index (κ1) is 11.0. The molecule has 1 amide bonds. The number of amides is 1. The van der Waals surface area contributed by atoms with E-state index in [-0.39, 0.29) is 5.91 Å². The van der Waals surface area contributed by atoms with E-state index in [1.807, 2.05) is 6.92 Å². The molecule has 0 saturated heterocycles. The Bertz CT molecular complexity index is 106. The number of nitrogens with one attached hydrogen (secondary N) is 1. The molecule has 0 aliphatic rings. The molecule has 0 atom stereocenters. The summed E-state index contributed by atoms with van der Waals surface area (Å²) in [7, 11) is 0. The van der Waals surface area contributed by atoms with E-state index in [4.69, 9.17) is 0 Å². The zero-order valence-electron chi connectivity index (χ0n) is 7.03. The highest BCUT2D eigenvalue weighted by Gasteiger charge is 1.97. The predicted molar refractivity (Wildman–Crippen MR) is 50.9 cm³/mol. The molecule has 0 bridgehead atoms. The van der Waals surface area contributed by atoms with E-state index in [0.29, 0.717) is 6.42 Å². The van der Waals surface area contributed by atoms with E-state index in [9.17, 15) is 4.79 Å². The van der Waals surface area contributed by atoms with Crippen LogP contribution >= 0.6 is 15.9 Å². The molecule has 0 radical (unpaired) electrons. The van der Waals surface area contributed by atoms with Gasteiger partial charge >= 0.3 is 0 Å². The molecule has 0 heterocycles. The van der Waals surface area contributed by atoms with Gasteiger partial charge in [0.25, 0.3) is 0 Å². The summed E-state index contributed by atoms with van der Waals surface area (Å²) in [6.45, 7) is 2.69. The lowest BCUT2D eigenvalue weighted by atomic mass is 10.2. The fourth-order valence-electron chi connectivity index (χ4n) is 0.842. The van der Waals surface area contributed by atoms with E-state index in [1.54, 1.807) is 0 Å². The van der Waals surface area contributed by atoms with Crippen LogP contribution in [-0.2, 0) is 4.79 Å². The Hall–Kier alpha value is -0.0500. The Morgan fingerprint density at radius 1 is 1.36 bits per heavy atom. The highest BCUT2D eigenvalue weighted by Crippen LogP contribution is 2.01. The summed E-state index contributed by atoms with van der Waals surface area (Å²) in [6.07, 6.45) is 4.00. The number of unbranched alkanes of at least 4 members (excludes halogenated alkanes) is 2. The molecule has 1 N–H and O–H groups in total. The summed E-state index contributed by atoms with van der Waals surface area (Å²) < 4.78 is 0. The Kier molecular flexibility index (Phi) is 8.01. The fraction of sp³-hybridized carbons (Fsp3) is 0.875. The van der Waals surface area contributed by atoms with Crippen LogP contribution in [0.4, 0.5) is 0 Å². The average molecular weight is 222 g/mol. The van der Waals surface area contributed by atoms with E-state index >= 15 is 0 Å². The van der Waals surface area contributed by atoms with Crippen molar-refractivity contribution in [1.82, 2.24) is 5.32 Å². The molecule has 0 aliphatic heterocycles. The summed E-state index contributed by atoms with van der Waals surface area (Å²) in [5.74, 6) is 0.182. The minimum Gasteiger partial charge on any atom is -0.356 e. The molecule has 0 aromatic heterocycles. The normalized spacial score (nSPS) is 9.64. The van der Waals surface area contributed by atoms with Crippen LogP contribution < -0.4 is 5.32 Å². The van der Waals surface area contributed by atoms with Gasteiger partial charge < -0.3 is 5.32 Å². The Morgan fingerprint density at radius 2 is 2.09 bits per heavy atom. The van der Waals surface area contributed by atoms with Crippen molar-refractivity contribution in [1.29, 1.82) is 0 Å². The van der Waals surface area contributed by atoms with Crippen LogP contribution in [0.5, 0.6) is 0 Å². The van der Waals surface area contributed by atoms with E-state index < -0.39 is 0 Å². The highest BCUT2D eigenvalue weighted by atomic mass is 79.9. The minimum atomic E-state index is 0.182. The van der Waals surface area contributed by atoms with E-state index in [0.717, 1.165) is 24.7 Å². The maximum Gasteiger partial charge on any atom is 0.219 e. The summed E-state index contributed by atoms with van der Waals surface area (Å²) in [6, 6.07) is 0. The SMILES string of the molecule is CCNC(=O)CCCCCBr. The number of hydrogen-bond donors (Lipinski definition) is 1. The lowest BCUT2D eigenvalue weighted by Crippen LogP contribution is -2.21. The average Bonchev–Trinajstić information content (AvgIpc) is 1.99. The molecule has 0 aromatic rings. The number of halogens is 1. The van der Waals surface area contributed by atoms with Crippen molar-refractivity contribution in [2.24, 2.45) is 0 Å². The largest absolute Gasteiger partial charge is 0.356 e. The predicted octanol–water partition coefficient (Wildman–Crippen LogP) is 2.08. The van der Waals surface area contributed by atoms with Crippen LogP contribution in [0.15, 0.2) is 0 Å². The van der Waals surface area contributed by atoms with Crippen LogP contribution in [-0.4, -0.2) is 17.8 Å². The maximum absolute atomic E-state index is 10.9. The summed E-state index contributed by atoms with van der Waals surface area (Å²) in [5, 5.41) is 3.82. The molecule has 11 heavy (non-hydrogen) atoms. The van der Waals surface area contributed by atoms with E-state index in [2.05, 4.69) is 21.2 Å². The van der Waals surface area contributed by atoms with Crippen LogP contribution in [0.25, 0.3) is 0 Å². The molecule has 2 nitrogen and oxygen atoms in total. The number of carbonyl (C=O) groups is 1. The first-order chi connectivity index (χ1) is 5.31. The second-order valence-corrected chi connectivity index (χ2v) is 3.25. The Balaban J connectivity index is 3.04. The molecule has 66 valence electrons. The van der Waals surface area contributed by atoms with Crippen molar-refractivity contribution < 1.29 is 4.79 Å². The van der Waals surface area contributed by atoms with Crippen molar-refractivity contribution in [3.8, 4) is 0 Å². The molecule has 0 unspecified atom stereocenters. The molecule has 0 aromatic carbocycles. The van der Waals surface area contributed by atoms with Crippen molar-refractivity contribution in [2.45, 2.75) is 32.6 Å². The molecular formula is C8H16BrNO. The zero-order valence-corrected chi connectivity index (χ0v) is 8.61. The quantitative estimate of drug-likeness (QED) is 0.541. The molecule has 0 fully saturated rings. The van der Waals surface area contributed by atoms with Gasteiger partial charge in [-0.25, -0.2) is 0 Å². The topological polar surface area (TPSA) is 29.1 Å². The number of carbonyl (C=O) groups excluding carboxylic acids is 1. The smallest absolute Gasteiger partial charge is 0.219 e. The number of rotatable bonds is 6. The highest BCUT2D eigenvalue weighted by molar-refractivity contribution is 9.09. The molecule has 0 saturated carbocycles. The van der Waals surface area contributed by atoms with Crippen molar-refractivity contribution in [3.05, 3.63) is 0 Å². The molecule has 3 heteroatoms. The van der Waals surface area contributed by atoms with Gasteiger partial charge in [0.2, 0.25) is 5.91 Å². The first-order valence-electron chi connectivity index (χ1n) is 4.14. The standard InChI is InChI=1S/C8H16BrNO/c1-2-10-8(11)6-4-3-5-7-9/h2-7H2,1H3,(H,10,11). The summed E-state index contributed by atoms with van der Waals surface area (Å²) >= 11 is 3.35. The minimum absolute atomic E-state index is 0.182. The van der Waals surface area contributed by atoms with Crippen LogP contribution in [0.1, 0.15) is 32.6 Å². The van der Waals surface area contributed by atoms with Crippen molar-refractivity contribution in [3.63, 3.8) is 0 Å². The van der Waals surface area contributed by atoms with Gasteiger partial charge in [0, 0.05) is 18.3 Å². The maximum atomic E-state index is 10.9. The van der Waals surface area contributed by atoms with Gasteiger partial charge in [-0.2, -0.15) is 0 Å². The van der Waals surface area contributed by atoms with Gasteiger partial charge in [0.05, 0.1) is 0 Å². The Labute approximate surface area is 76.9 Å². The van der Waals surface area contributed by atoms with Crippen LogP contribution in [0, 0.1) is 0 Å². The van der Waals surface area contributed by atoms with Crippen LogP contribution in [0.2, 0.25) is 0 Å². The van der Waals surface area contributed by atoms with Gasteiger partial charge in [-0.1, -0.05) is 22.4 Å². The lowest BCUT2D eigenvalue weighted by Gasteiger charge is -2.00. The van der Waals surface area contributed by atoms with Gasteiger partial charge in [0.15, 0.2) is 0 Å². The van der Waals surface area contributed by atoms with Gasteiger partial charge in [-0.05, 0) is 19.8 Å². The fourth-order valence-corrected chi connectivity index (χ4v) is 1.24. The number of hydrogen-bond acceptors (Lipinski definition) is 1.